The normalized spacial score (nSPS) is 22.3. The van der Waals surface area contributed by atoms with E-state index in [0.717, 1.165) is 26.9 Å². The molecule has 2 heterocycles. The van der Waals surface area contributed by atoms with Gasteiger partial charge in [0.2, 0.25) is 0 Å². The Bertz CT molecular complexity index is 1350. The number of hydrogen-bond donors (Lipinski definition) is 1. The number of alkyl carbamates (subject to hydrolysis) is 1. The Morgan fingerprint density at radius 1 is 1.16 bits per heavy atom. The lowest BCUT2D eigenvalue weighted by atomic mass is 10.1. The molecule has 38 heavy (non-hydrogen) atoms. The summed E-state index contributed by atoms with van der Waals surface area (Å²) in [5.41, 5.74) is 2.86. The van der Waals surface area contributed by atoms with Crippen LogP contribution >= 0.6 is 27.7 Å². The third kappa shape index (κ3) is 6.79. The molecule has 2 amide bonds. The average Bonchev–Trinajstić information content (AvgIpc) is 3.23. The van der Waals surface area contributed by atoms with Crippen molar-refractivity contribution in [3.05, 3.63) is 63.6 Å². The molecule has 0 bridgehead atoms. The van der Waals surface area contributed by atoms with E-state index in [2.05, 4.69) is 26.2 Å². The number of aliphatic imine (C=N–C) groups is 1. The minimum atomic E-state index is -3.21. The van der Waals surface area contributed by atoms with Crippen molar-refractivity contribution in [1.29, 1.82) is 0 Å². The van der Waals surface area contributed by atoms with E-state index in [9.17, 15) is 18.0 Å². The van der Waals surface area contributed by atoms with Crippen LogP contribution in [0.3, 0.4) is 0 Å². The predicted octanol–water partition coefficient (Wildman–Crippen LogP) is 4.80. The van der Waals surface area contributed by atoms with Gasteiger partial charge >= 0.3 is 6.09 Å². The van der Waals surface area contributed by atoms with Crippen LogP contribution in [0.4, 0.5) is 10.5 Å². The molecule has 0 spiro atoms. The van der Waals surface area contributed by atoms with Crippen LogP contribution in [0.25, 0.3) is 0 Å². The maximum absolute atomic E-state index is 13.6. The lowest BCUT2D eigenvalue weighted by molar-refractivity contribution is -0.119. The van der Waals surface area contributed by atoms with Crippen molar-refractivity contribution < 1.29 is 22.7 Å². The molecule has 0 unspecified atom stereocenters. The molecule has 11 heteroatoms. The Morgan fingerprint density at radius 3 is 2.39 bits per heavy atom. The van der Waals surface area contributed by atoms with Crippen LogP contribution in [-0.4, -0.2) is 60.0 Å². The summed E-state index contributed by atoms with van der Waals surface area (Å²) in [6.45, 7) is 9.17. The molecular formula is C27H32BrN3O5S2. The van der Waals surface area contributed by atoms with Crippen molar-refractivity contribution in [2.45, 2.75) is 64.0 Å². The molecule has 2 aromatic carbocycles. The van der Waals surface area contributed by atoms with Crippen LogP contribution in [0, 0.1) is 13.8 Å². The topological polar surface area (TPSA) is 105 Å². The number of anilines is 1. The maximum atomic E-state index is 13.6. The quantitative estimate of drug-likeness (QED) is 0.511. The maximum Gasteiger partial charge on any atom is 0.408 e. The first-order valence-corrected chi connectivity index (χ1v) is 15.8. The van der Waals surface area contributed by atoms with Crippen LogP contribution in [0.15, 0.2) is 51.9 Å². The summed E-state index contributed by atoms with van der Waals surface area (Å²) in [6.07, 6.45) is -0.469. The zero-order valence-electron chi connectivity index (χ0n) is 22.0. The number of benzene rings is 2. The monoisotopic (exact) mass is 621 g/mol. The van der Waals surface area contributed by atoms with Gasteiger partial charge in [-0.05, 0) is 63.4 Å². The van der Waals surface area contributed by atoms with E-state index < -0.39 is 33.5 Å². The summed E-state index contributed by atoms with van der Waals surface area (Å²) in [6, 6.07) is 12.0. The molecule has 4 rings (SSSR count). The molecule has 204 valence electrons. The van der Waals surface area contributed by atoms with Crippen LogP contribution < -0.4 is 10.2 Å². The number of thioether (sulfide) groups is 1. The molecule has 2 aromatic rings. The van der Waals surface area contributed by atoms with E-state index in [-0.39, 0.29) is 29.2 Å². The number of amidine groups is 1. The smallest absolute Gasteiger partial charge is 0.408 e. The van der Waals surface area contributed by atoms with Gasteiger partial charge in [-0.1, -0.05) is 58.0 Å². The zero-order valence-corrected chi connectivity index (χ0v) is 25.2. The summed E-state index contributed by atoms with van der Waals surface area (Å²) in [5, 5.41) is 2.90. The molecule has 1 N–H and O–H groups in total. The van der Waals surface area contributed by atoms with Crippen molar-refractivity contribution in [3.63, 3.8) is 0 Å². The predicted molar refractivity (Wildman–Crippen MR) is 156 cm³/mol. The summed E-state index contributed by atoms with van der Waals surface area (Å²) >= 11 is 4.83. The van der Waals surface area contributed by atoms with Gasteiger partial charge in [0.15, 0.2) is 15.0 Å². The first kappa shape index (κ1) is 28.6. The fraction of sp³-hybridized carbons (Fsp3) is 0.444. The fourth-order valence-corrected chi connectivity index (χ4v) is 9.37. The van der Waals surface area contributed by atoms with Gasteiger partial charge in [-0.3, -0.25) is 4.79 Å². The van der Waals surface area contributed by atoms with Gasteiger partial charge in [-0.2, -0.15) is 4.99 Å². The van der Waals surface area contributed by atoms with E-state index >= 15 is 0 Å². The molecule has 2 saturated heterocycles. The van der Waals surface area contributed by atoms with Gasteiger partial charge < -0.3 is 15.0 Å². The van der Waals surface area contributed by atoms with E-state index in [1.807, 2.05) is 61.2 Å². The molecule has 8 nitrogen and oxygen atoms in total. The first-order valence-electron chi connectivity index (χ1n) is 12.3. The average molecular weight is 623 g/mol. The number of hydrogen-bond acceptors (Lipinski definition) is 6. The van der Waals surface area contributed by atoms with E-state index in [4.69, 9.17) is 4.74 Å². The molecule has 0 aliphatic carbocycles. The van der Waals surface area contributed by atoms with Crippen LogP contribution in [0.2, 0.25) is 0 Å². The van der Waals surface area contributed by atoms with Crippen molar-refractivity contribution in [1.82, 2.24) is 5.32 Å². The second-order valence-electron chi connectivity index (χ2n) is 10.7. The third-order valence-electron chi connectivity index (χ3n) is 6.24. The van der Waals surface area contributed by atoms with Crippen LogP contribution in [0.5, 0.6) is 0 Å². The highest BCUT2D eigenvalue weighted by Crippen LogP contribution is 2.43. The largest absolute Gasteiger partial charge is 0.444 e. The number of amides is 2. The summed E-state index contributed by atoms with van der Waals surface area (Å²) in [4.78, 5) is 32.7. The molecule has 2 fully saturated rings. The number of rotatable bonds is 5. The fourth-order valence-electron chi connectivity index (χ4n) is 4.78. The van der Waals surface area contributed by atoms with Gasteiger partial charge in [-0.15, -0.1) is 0 Å². The van der Waals surface area contributed by atoms with Gasteiger partial charge in [0.1, 0.15) is 11.6 Å². The number of carbonyl (C=O) groups excluding carboxylic acids is 2. The Kier molecular flexibility index (Phi) is 8.30. The number of halogens is 1. The van der Waals surface area contributed by atoms with Crippen LogP contribution in [-0.2, 0) is 25.8 Å². The molecule has 3 atom stereocenters. The highest BCUT2D eigenvalue weighted by atomic mass is 79.9. The van der Waals surface area contributed by atoms with Gasteiger partial charge in [0.05, 0.1) is 17.5 Å². The highest BCUT2D eigenvalue weighted by molar-refractivity contribution is 9.10. The lowest BCUT2D eigenvalue weighted by Gasteiger charge is -2.28. The SMILES string of the molecule is Cc1cc(Br)cc(C)c1N1C(=NC(=O)[C@H](Cc2ccccc2)NC(=O)OC(C)(C)C)S[C@H]2CS(=O)(=O)C[C@@H]21. The Hall–Kier alpha value is -2.37. The number of fused-ring (bicyclic) bond motifs is 1. The minimum Gasteiger partial charge on any atom is -0.444 e. The molecule has 2 aliphatic rings. The zero-order chi connectivity index (χ0) is 27.8. The first-order chi connectivity index (χ1) is 17.7. The number of sulfone groups is 1. The number of carbonyl (C=O) groups is 2. The van der Waals surface area contributed by atoms with Crippen molar-refractivity contribution >= 4 is 60.4 Å². The van der Waals surface area contributed by atoms with Crippen molar-refractivity contribution in [2.75, 3.05) is 16.4 Å². The second kappa shape index (κ2) is 11.0. The Labute approximate surface area is 236 Å². The molecule has 0 saturated carbocycles. The van der Waals surface area contributed by atoms with E-state index in [0.29, 0.717) is 5.17 Å². The second-order valence-corrected chi connectivity index (χ2v) is 15.0. The van der Waals surface area contributed by atoms with Gasteiger partial charge in [0.25, 0.3) is 5.91 Å². The number of aryl methyl sites for hydroxylation is 2. The molecule has 2 aliphatic heterocycles. The Balaban J connectivity index is 1.70. The Morgan fingerprint density at radius 2 is 1.79 bits per heavy atom. The minimum absolute atomic E-state index is 0.00355. The molecular weight excluding hydrogens is 590 g/mol. The molecule has 0 radical (unpaired) electrons. The summed E-state index contributed by atoms with van der Waals surface area (Å²) < 4.78 is 31.3. The van der Waals surface area contributed by atoms with Crippen molar-refractivity contribution in [3.8, 4) is 0 Å². The van der Waals surface area contributed by atoms with Crippen LogP contribution in [0.1, 0.15) is 37.5 Å². The van der Waals surface area contributed by atoms with E-state index in [1.165, 1.54) is 11.8 Å². The number of nitrogens with one attached hydrogen (secondary N) is 1. The van der Waals surface area contributed by atoms with Crippen molar-refractivity contribution in [2.24, 2.45) is 4.99 Å². The summed E-state index contributed by atoms with van der Waals surface area (Å²) in [5.74, 6) is -0.497. The number of nitrogens with zero attached hydrogens (tertiary/aromatic N) is 2. The van der Waals surface area contributed by atoms with E-state index in [1.54, 1.807) is 20.8 Å². The number of ether oxygens (including phenoxy) is 1. The summed E-state index contributed by atoms with van der Waals surface area (Å²) in [7, 11) is -3.21. The van der Waals surface area contributed by atoms with Gasteiger partial charge in [-0.25, -0.2) is 13.2 Å². The molecule has 0 aromatic heterocycles. The lowest BCUT2D eigenvalue weighted by Crippen LogP contribution is -2.45. The van der Waals surface area contributed by atoms with Gasteiger partial charge in [0, 0.05) is 21.8 Å². The highest BCUT2D eigenvalue weighted by Gasteiger charge is 2.50. The third-order valence-corrected chi connectivity index (χ3v) is 9.91. The standard InChI is InChI=1S/C27H32BrN3O5S2/c1-16-11-19(28)12-17(2)23(16)31-21-14-38(34,35)15-22(21)37-25(31)30-24(32)20(13-18-9-7-6-8-10-18)29-26(33)36-27(3,4)5/h6-12,20-22H,13-15H2,1-5H3,(H,29,33)/t20-,21-,22-/m0/s1.